The molecular formula is C14H10F3NO3S. The zero-order valence-electron chi connectivity index (χ0n) is 11.0. The maximum absolute atomic E-state index is 12.8. The highest BCUT2D eigenvalue weighted by molar-refractivity contribution is 7.90. The van der Waals surface area contributed by atoms with Crippen LogP contribution in [0.5, 0.6) is 0 Å². The number of amides is 1. The van der Waals surface area contributed by atoms with Crippen molar-refractivity contribution in [3.05, 3.63) is 65.7 Å². The fraction of sp³-hybridized carbons (Fsp3) is 0.0714. The smallest absolute Gasteiger partial charge is 0.268 e. The number of nitrogens with one attached hydrogen (secondary N) is 1. The third-order valence-electron chi connectivity index (χ3n) is 2.76. The van der Waals surface area contributed by atoms with Gasteiger partial charge in [0.15, 0.2) is 0 Å². The predicted octanol–water partition coefficient (Wildman–Crippen LogP) is 2.82. The Morgan fingerprint density at radius 2 is 1.45 bits per heavy atom. The molecule has 0 aromatic heterocycles. The Kier molecular flexibility index (Phi) is 4.23. The molecular weight excluding hydrogens is 319 g/mol. The van der Waals surface area contributed by atoms with E-state index in [1.807, 2.05) is 0 Å². The SMILES string of the molecule is O=C(NS(=O)(=O)c1ccccc1)c1ccccc1C(F)(F)F. The Morgan fingerprint density at radius 3 is 2.05 bits per heavy atom. The summed E-state index contributed by atoms with van der Waals surface area (Å²) >= 11 is 0. The van der Waals surface area contributed by atoms with E-state index in [9.17, 15) is 26.4 Å². The first-order chi connectivity index (χ1) is 10.2. The summed E-state index contributed by atoms with van der Waals surface area (Å²) in [5, 5.41) is 0. The minimum atomic E-state index is -4.76. The number of hydrogen-bond acceptors (Lipinski definition) is 3. The van der Waals surface area contributed by atoms with Crippen LogP contribution in [-0.2, 0) is 16.2 Å². The van der Waals surface area contributed by atoms with Gasteiger partial charge in [0.1, 0.15) is 0 Å². The van der Waals surface area contributed by atoms with Crippen LogP contribution < -0.4 is 4.72 Å². The van der Waals surface area contributed by atoms with Gasteiger partial charge in [-0.15, -0.1) is 0 Å². The molecule has 2 aromatic rings. The minimum Gasteiger partial charge on any atom is -0.268 e. The van der Waals surface area contributed by atoms with Crippen LogP contribution in [0.15, 0.2) is 59.5 Å². The van der Waals surface area contributed by atoms with Crippen LogP contribution in [0.4, 0.5) is 13.2 Å². The van der Waals surface area contributed by atoms with Crippen LogP contribution in [-0.4, -0.2) is 14.3 Å². The first-order valence-electron chi connectivity index (χ1n) is 6.00. The van der Waals surface area contributed by atoms with Crippen LogP contribution in [0.25, 0.3) is 0 Å². The molecule has 0 fully saturated rings. The van der Waals surface area contributed by atoms with Gasteiger partial charge < -0.3 is 0 Å². The van der Waals surface area contributed by atoms with E-state index in [0.717, 1.165) is 12.1 Å². The lowest BCUT2D eigenvalue weighted by atomic mass is 10.1. The van der Waals surface area contributed by atoms with Gasteiger partial charge in [0.2, 0.25) is 0 Å². The van der Waals surface area contributed by atoms with Crippen molar-refractivity contribution in [1.29, 1.82) is 0 Å². The number of carbonyl (C=O) groups is 1. The number of alkyl halides is 3. The summed E-state index contributed by atoms with van der Waals surface area (Å²) in [6.07, 6.45) is -4.76. The van der Waals surface area contributed by atoms with Crippen LogP contribution in [0.2, 0.25) is 0 Å². The van der Waals surface area contributed by atoms with Gasteiger partial charge in [0.25, 0.3) is 15.9 Å². The number of benzene rings is 2. The second-order valence-corrected chi connectivity index (χ2v) is 5.97. The maximum Gasteiger partial charge on any atom is 0.417 e. The lowest BCUT2D eigenvalue weighted by molar-refractivity contribution is -0.137. The molecule has 0 heterocycles. The Bertz CT molecular complexity index is 786. The number of rotatable bonds is 3. The summed E-state index contributed by atoms with van der Waals surface area (Å²) in [5.41, 5.74) is -1.95. The molecule has 22 heavy (non-hydrogen) atoms. The molecule has 0 aliphatic heterocycles. The number of hydrogen-bond donors (Lipinski definition) is 1. The third kappa shape index (κ3) is 3.45. The van der Waals surface area contributed by atoms with Crippen molar-refractivity contribution in [3.8, 4) is 0 Å². The largest absolute Gasteiger partial charge is 0.417 e. The molecule has 2 aromatic carbocycles. The van der Waals surface area contributed by atoms with Gasteiger partial charge in [-0.25, -0.2) is 13.1 Å². The first-order valence-corrected chi connectivity index (χ1v) is 7.48. The first kappa shape index (κ1) is 16.0. The summed E-state index contributed by atoms with van der Waals surface area (Å²) < 4.78 is 64.1. The van der Waals surface area contributed by atoms with E-state index >= 15 is 0 Å². The van der Waals surface area contributed by atoms with Gasteiger partial charge in [-0.1, -0.05) is 30.3 Å². The molecule has 0 saturated carbocycles. The average Bonchev–Trinajstić information content (AvgIpc) is 2.47. The molecule has 116 valence electrons. The van der Waals surface area contributed by atoms with Crippen LogP contribution >= 0.6 is 0 Å². The number of halogens is 3. The molecule has 0 radical (unpaired) electrons. The summed E-state index contributed by atoms with van der Waals surface area (Å²) in [4.78, 5) is 11.7. The van der Waals surface area contributed by atoms with E-state index in [1.165, 1.54) is 30.3 Å². The summed E-state index contributed by atoms with van der Waals surface area (Å²) in [5.74, 6) is -1.34. The van der Waals surface area contributed by atoms with Gasteiger partial charge in [-0.3, -0.25) is 4.79 Å². The Hall–Kier alpha value is -2.35. The second kappa shape index (κ2) is 5.80. The zero-order chi connectivity index (χ0) is 16.4. The monoisotopic (exact) mass is 329 g/mol. The summed E-state index contributed by atoms with van der Waals surface area (Å²) in [7, 11) is -4.24. The molecule has 0 aliphatic carbocycles. The molecule has 1 amide bonds. The van der Waals surface area contributed by atoms with Gasteiger partial charge in [-0.05, 0) is 24.3 Å². The Morgan fingerprint density at radius 1 is 0.909 bits per heavy atom. The molecule has 0 spiro atoms. The summed E-state index contributed by atoms with van der Waals surface area (Å²) in [6.45, 7) is 0. The van der Waals surface area contributed by atoms with Crippen LogP contribution in [0.3, 0.4) is 0 Å². The quantitative estimate of drug-likeness (QED) is 0.942. The second-order valence-electron chi connectivity index (χ2n) is 4.29. The Balaban J connectivity index is 2.35. The lowest BCUT2D eigenvalue weighted by Crippen LogP contribution is -2.32. The topological polar surface area (TPSA) is 63.2 Å². The van der Waals surface area contributed by atoms with E-state index in [2.05, 4.69) is 0 Å². The highest BCUT2D eigenvalue weighted by Gasteiger charge is 2.35. The van der Waals surface area contributed by atoms with Crippen molar-refractivity contribution in [2.24, 2.45) is 0 Å². The standard InChI is InChI=1S/C14H10F3NO3S/c15-14(16,17)12-9-5-4-8-11(12)13(19)18-22(20,21)10-6-2-1-3-7-10/h1-9H,(H,18,19). The van der Waals surface area contributed by atoms with Crippen molar-refractivity contribution in [1.82, 2.24) is 4.72 Å². The van der Waals surface area contributed by atoms with Gasteiger partial charge in [0, 0.05) is 0 Å². The van der Waals surface area contributed by atoms with E-state index in [1.54, 1.807) is 10.8 Å². The molecule has 0 aliphatic rings. The van der Waals surface area contributed by atoms with Gasteiger partial charge in [0.05, 0.1) is 16.0 Å². The molecule has 2 rings (SSSR count). The molecule has 0 saturated heterocycles. The molecule has 8 heteroatoms. The van der Waals surface area contributed by atoms with Crippen molar-refractivity contribution in [2.45, 2.75) is 11.1 Å². The normalized spacial score (nSPS) is 12.0. The molecule has 4 nitrogen and oxygen atoms in total. The van der Waals surface area contributed by atoms with E-state index in [4.69, 9.17) is 0 Å². The highest BCUT2D eigenvalue weighted by atomic mass is 32.2. The van der Waals surface area contributed by atoms with Gasteiger partial charge >= 0.3 is 6.18 Å². The van der Waals surface area contributed by atoms with E-state index in [0.29, 0.717) is 6.07 Å². The van der Waals surface area contributed by atoms with E-state index < -0.39 is 33.2 Å². The Labute approximate surface area is 124 Å². The maximum atomic E-state index is 12.8. The molecule has 1 N–H and O–H groups in total. The molecule has 0 atom stereocenters. The lowest BCUT2D eigenvalue weighted by Gasteiger charge is -2.12. The zero-order valence-corrected chi connectivity index (χ0v) is 11.8. The average molecular weight is 329 g/mol. The number of carbonyl (C=O) groups excluding carboxylic acids is 1. The fourth-order valence-corrected chi connectivity index (χ4v) is 2.75. The van der Waals surface area contributed by atoms with Crippen molar-refractivity contribution in [3.63, 3.8) is 0 Å². The molecule has 0 unspecified atom stereocenters. The van der Waals surface area contributed by atoms with Crippen LogP contribution in [0.1, 0.15) is 15.9 Å². The van der Waals surface area contributed by atoms with Crippen molar-refractivity contribution < 1.29 is 26.4 Å². The van der Waals surface area contributed by atoms with Crippen molar-refractivity contribution in [2.75, 3.05) is 0 Å². The minimum absolute atomic E-state index is 0.215. The molecule has 0 bridgehead atoms. The van der Waals surface area contributed by atoms with Crippen molar-refractivity contribution >= 4 is 15.9 Å². The summed E-state index contributed by atoms with van der Waals surface area (Å²) in [6, 6.07) is 10.9. The fourth-order valence-electron chi connectivity index (χ4n) is 1.76. The third-order valence-corrected chi connectivity index (χ3v) is 4.10. The predicted molar refractivity (Wildman–Crippen MR) is 72.5 cm³/mol. The van der Waals surface area contributed by atoms with Gasteiger partial charge in [-0.2, -0.15) is 13.2 Å². The van der Waals surface area contributed by atoms with E-state index in [-0.39, 0.29) is 4.90 Å². The van der Waals surface area contributed by atoms with Crippen LogP contribution in [0, 0.1) is 0 Å². The highest BCUT2D eigenvalue weighted by Crippen LogP contribution is 2.31. The number of sulfonamides is 1.